The lowest BCUT2D eigenvalue weighted by molar-refractivity contribution is 0.0601. The predicted molar refractivity (Wildman–Crippen MR) is 92.5 cm³/mol. The maximum atomic E-state index is 11.7. The summed E-state index contributed by atoms with van der Waals surface area (Å²) in [5, 5.41) is 4.28. The van der Waals surface area contributed by atoms with Gasteiger partial charge in [0, 0.05) is 16.6 Å². The minimum Gasteiger partial charge on any atom is -0.465 e. The molecule has 0 saturated heterocycles. The number of hydrogen-bond acceptors (Lipinski definition) is 5. The van der Waals surface area contributed by atoms with Gasteiger partial charge in [-0.25, -0.2) is 14.8 Å². The van der Waals surface area contributed by atoms with Crippen molar-refractivity contribution in [2.45, 2.75) is 0 Å². The van der Waals surface area contributed by atoms with Gasteiger partial charge in [-0.2, -0.15) is 0 Å². The molecule has 2 N–H and O–H groups in total. The second-order valence-corrected chi connectivity index (χ2v) is 5.31. The molecule has 0 atom stereocenters. The van der Waals surface area contributed by atoms with Crippen LogP contribution in [0.15, 0.2) is 54.9 Å². The van der Waals surface area contributed by atoms with Crippen molar-refractivity contribution in [2.75, 3.05) is 12.4 Å². The SMILES string of the molecule is COC(=O)c1cccc(Nc2ncnc3c2[nH]c2ccccc23)c1. The lowest BCUT2D eigenvalue weighted by Crippen LogP contribution is -2.02. The molecule has 0 amide bonds. The fourth-order valence-electron chi connectivity index (χ4n) is 2.71. The number of benzene rings is 2. The van der Waals surface area contributed by atoms with Crippen LogP contribution in [0.3, 0.4) is 0 Å². The van der Waals surface area contributed by atoms with Crippen LogP contribution in [0.5, 0.6) is 0 Å². The van der Waals surface area contributed by atoms with Gasteiger partial charge in [-0.1, -0.05) is 24.3 Å². The fraction of sp³-hybridized carbons (Fsp3) is 0.0556. The van der Waals surface area contributed by atoms with E-state index in [1.165, 1.54) is 13.4 Å². The molecule has 0 unspecified atom stereocenters. The van der Waals surface area contributed by atoms with E-state index in [1.54, 1.807) is 18.2 Å². The smallest absolute Gasteiger partial charge is 0.337 e. The van der Waals surface area contributed by atoms with Gasteiger partial charge in [0.15, 0.2) is 5.82 Å². The first-order valence-electron chi connectivity index (χ1n) is 7.43. The normalized spacial score (nSPS) is 10.9. The van der Waals surface area contributed by atoms with E-state index in [1.807, 2.05) is 30.3 Å². The minimum absolute atomic E-state index is 0.378. The summed E-state index contributed by atoms with van der Waals surface area (Å²) in [7, 11) is 1.36. The third-order valence-electron chi connectivity index (χ3n) is 3.84. The van der Waals surface area contributed by atoms with E-state index in [2.05, 4.69) is 20.3 Å². The standard InChI is InChI=1S/C18H14N4O2/c1-24-18(23)11-5-4-6-12(9-11)21-17-16-15(19-10-20-17)13-7-2-3-8-14(13)22-16/h2-10,22H,1H3,(H,19,20,21). The average Bonchev–Trinajstić information content (AvgIpc) is 3.01. The van der Waals surface area contributed by atoms with Gasteiger partial charge in [0.25, 0.3) is 0 Å². The van der Waals surface area contributed by atoms with Crippen LogP contribution in [0, 0.1) is 0 Å². The number of hydrogen-bond donors (Lipinski definition) is 2. The Labute approximate surface area is 137 Å². The van der Waals surface area contributed by atoms with Gasteiger partial charge >= 0.3 is 5.97 Å². The van der Waals surface area contributed by atoms with E-state index in [9.17, 15) is 4.79 Å². The number of rotatable bonds is 3. The van der Waals surface area contributed by atoms with Gasteiger partial charge in [0.05, 0.1) is 12.7 Å². The number of aromatic nitrogens is 3. The molecule has 0 aliphatic heterocycles. The number of H-pyrrole nitrogens is 1. The molecule has 0 radical (unpaired) electrons. The van der Waals surface area contributed by atoms with E-state index < -0.39 is 0 Å². The Kier molecular flexibility index (Phi) is 3.35. The molecule has 0 saturated carbocycles. The highest BCUT2D eigenvalue weighted by atomic mass is 16.5. The van der Waals surface area contributed by atoms with Crippen molar-refractivity contribution in [2.24, 2.45) is 0 Å². The Balaban J connectivity index is 1.79. The summed E-state index contributed by atoms with van der Waals surface area (Å²) < 4.78 is 4.75. The maximum absolute atomic E-state index is 11.7. The van der Waals surface area contributed by atoms with Gasteiger partial charge < -0.3 is 15.0 Å². The Morgan fingerprint density at radius 2 is 2.00 bits per heavy atom. The Hall–Kier alpha value is -3.41. The fourth-order valence-corrected chi connectivity index (χ4v) is 2.71. The zero-order valence-electron chi connectivity index (χ0n) is 12.9. The highest BCUT2D eigenvalue weighted by Gasteiger charge is 2.11. The molecule has 118 valence electrons. The van der Waals surface area contributed by atoms with Crippen LogP contribution in [-0.4, -0.2) is 28.0 Å². The van der Waals surface area contributed by atoms with Crippen molar-refractivity contribution in [1.82, 2.24) is 15.0 Å². The molecular weight excluding hydrogens is 304 g/mol. The largest absolute Gasteiger partial charge is 0.465 e. The maximum Gasteiger partial charge on any atom is 0.337 e. The molecule has 0 fully saturated rings. The molecule has 6 heteroatoms. The Morgan fingerprint density at radius 1 is 1.12 bits per heavy atom. The number of carbonyl (C=O) groups is 1. The highest BCUT2D eigenvalue weighted by molar-refractivity contribution is 6.08. The van der Waals surface area contributed by atoms with E-state index >= 15 is 0 Å². The number of fused-ring (bicyclic) bond motifs is 3. The third-order valence-corrected chi connectivity index (χ3v) is 3.84. The molecule has 0 aliphatic rings. The predicted octanol–water partition coefficient (Wildman–Crippen LogP) is 3.64. The van der Waals surface area contributed by atoms with Gasteiger partial charge in [0.1, 0.15) is 17.4 Å². The molecule has 2 aromatic carbocycles. The van der Waals surface area contributed by atoms with Crippen LogP contribution in [-0.2, 0) is 4.74 Å². The molecular formula is C18H14N4O2. The number of esters is 1. The number of anilines is 2. The van der Waals surface area contributed by atoms with Gasteiger partial charge in [0.2, 0.25) is 0 Å². The topological polar surface area (TPSA) is 79.9 Å². The van der Waals surface area contributed by atoms with E-state index in [0.717, 1.165) is 27.6 Å². The van der Waals surface area contributed by atoms with E-state index in [4.69, 9.17) is 4.74 Å². The Morgan fingerprint density at radius 3 is 2.88 bits per heavy atom. The van der Waals surface area contributed by atoms with Crippen molar-refractivity contribution in [3.8, 4) is 0 Å². The summed E-state index contributed by atoms with van der Waals surface area (Å²) in [6, 6.07) is 15.0. The summed E-state index contributed by atoms with van der Waals surface area (Å²) in [5.41, 5.74) is 3.90. The van der Waals surface area contributed by atoms with Gasteiger partial charge in [-0.05, 0) is 24.3 Å². The van der Waals surface area contributed by atoms with Crippen molar-refractivity contribution < 1.29 is 9.53 Å². The first kappa shape index (κ1) is 14.2. The molecule has 6 nitrogen and oxygen atoms in total. The lowest BCUT2D eigenvalue weighted by Gasteiger charge is -2.07. The monoisotopic (exact) mass is 318 g/mol. The van der Waals surface area contributed by atoms with Crippen LogP contribution in [0.2, 0.25) is 0 Å². The summed E-state index contributed by atoms with van der Waals surface area (Å²) in [6.45, 7) is 0. The second kappa shape index (κ2) is 5.66. The first-order valence-corrected chi connectivity index (χ1v) is 7.43. The zero-order chi connectivity index (χ0) is 16.5. The van der Waals surface area contributed by atoms with Crippen LogP contribution in [0.4, 0.5) is 11.5 Å². The average molecular weight is 318 g/mol. The van der Waals surface area contributed by atoms with Crippen molar-refractivity contribution >= 4 is 39.4 Å². The number of nitrogens with zero attached hydrogens (tertiary/aromatic N) is 2. The number of aromatic amines is 1. The minimum atomic E-state index is -0.378. The van der Waals surface area contributed by atoms with Crippen molar-refractivity contribution in [3.05, 3.63) is 60.4 Å². The number of nitrogens with one attached hydrogen (secondary N) is 2. The number of para-hydroxylation sites is 1. The molecule has 2 heterocycles. The molecule has 0 bridgehead atoms. The summed E-state index contributed by atoms with van der Waals surface area (Å²) in [6.07, 6.45) is 1.52. The van der Waals surface area contributed by atoms with Crippen molar-refractivity contribution in [1.29, 1.82) is 0 Å². The number of ether oxygens (including phenoxy) is 1. The molecule has 2 aromatic heterocycles. The van der Waals surface area contributed by atoms with Gasteiger partial charge in [-0.3, -0.25) is 0 Å². The Bertz CT molecular complexity index is 1060. The number of methoxy groups -OCH3 is 1. The molecule has 24 heavy (non-hydrogen) atoms. The van der Waals surface area contributed by atoms with Crippen LogP contribution in [0.25, 0.3) is 21.9 Å². The number of carbonyl (C=O) groups excluding carboxylic acids is 1. The van der Waals surface area contributed by atoms with E-state index in [-0.39, 0.29) is 5.97 Å². The summed E-state index contributed by atoms with van der Waals surface area (Å²) in [5.74, 6) is 0.273. The van der Waals surface area contributed by atoms with Crippen LogP contribution in [0.1, 0.15) is 10.4 Å². The van der Waals surface area contributed by atoms with Crippen molar-refractivity contribution in [3.63, 3.8) is 0 Å². The summed E-state index contributed by atoms with van der Waals surface area (Å²) in [4.78, 5) is 23.7. The highest BCUT2D eigenvalue weighted by Crippen LogP contribution is 2.28. The zero-order valence-corrected chi connectivity index (χ0v) is 12.9. The van der Waals surface area contributed by atoms with Crippen LogP contribution >= 0.6 is 0 Å². The molecule has 0 spiro atoms. The quantitative estimate of drug-likeness (QED) is 0.564. The second-order valence-electron chi connectivity index (χ2n) is 5.31. The van der Waals surface area contributed by atoms with Gasteiger partial charge in [-0.15, -0.1) is 0 Å². The molecule has 4 rings (SSSR count). The molecule has 0 aliphatic carbocycles. The molecule has 4 aromatic rings. The first-order chi connectivity index (χ1) is 11.8. The third kappa shape index (κ3) is 2.34. The van der Waals surface area contributed by atoms with E-state index in [0.29, 0.717) is 11.4 Å². The van der Waals surface area contributed by atoms with Crippen LogP contribution < -0.4 is 5.32 Å². The lowest BCUT2D eigenvalue weighted by atomic mass is 10.2. The summed E-state index contributed by atoms with van der Waals surface area (Å²) >= 11 is 0.